The zero-order chi connectivity index (χ0) is 22.3. The molecule has 0 unspecified atom stereocenters. The molecule has 0 bridgehead atoms. The lowest BCUT2D eigenvalue weighted by Gasteiger charge is -2.11. The van der Waals surface area contributed by atoms with Crippen molar-refractivity contribution in [3.05, 3.63) is 40.5 Å². The van der Waals surface area contributed by atoms with Crippen LogP contribution in [0.15, 0.2) is 12.1 Å². The van der Waals surface area contributed by atoms with E-state index in [1.54, 1.807) is 6.92 Å². The molecule has 0 aliphatic heterocycles. The third-order valence-electron chi connectivity index (χ3n) is 3.98. The number of esters is 1. The molecule has 2 N–H and O–H groups in total. The van der Waals surface area contributed by atoms with E-state index in [9.17, 15) is 18.4 Å². The highest BCUT2D eigenvalue weighted by Crippen LogP contribution is 2.32. The van der Waals surface area contributed by atoms with E-state index in [1.165, 1.54) is 12.1 Å². The zero-order valence-electron chi connectivity index (χ0n) is 17.2. The number of urea groups is 1. The van der Waals surface area contributed by atoms with E-state index in [0.717, 1.165) is 31.6 Å². The first-order valence-electron chi connectivity index (χ1n) is 9.07. The summed E-state index contributed by atoms with van der Waals surface area (Å²) < 4.78 is 42.1. The maximum absolute atomic E-state index is 14.0. The topological polar surface area (TPSA) is 92.8 Å². The number of halogens is 2. The Morgan fingerprint density at radius 2 is 1.90 bits per heavy atom. The van der Waals surface area contributed by atoms with Crippen LogP contribution in [0.1, 0.15) is 27.9 Å². The SMILES string of the molecule is COC(=O)c1c(OCc2c(F)cc(C)cc2F)nsc1NC(=O)NCCCN(C)C. The van der Waals surface area contributed by atoms with Gasteiger partial charge in [0.15, 0.2) is 5.56 Å². The fourth-order valence-electron chi connectivity index (χ4n) is 2.49. The molecule has 0 atom stereocenters. The third-order valence-corrected chi connectivity index (χ3v) is 4.73. The van der Waals surface area contributed by atoms with Gasteiger partial charge in [0.25, 0.3) is 0 Å². The zero-order valence-corrected chi connectivity index (χ0v) is 18.0. The van der Waals surface area contributed by atoms with Crippen LogP contribution in [-0.4, -0.2) is 55.6 Å². The molecule has 0 saturated heterocycles. The molecule has 2 amide bonds. The number of anilines is 1. The molecule has 164 valence electrons. The van der Waals surface area contributed by atoms with Crippen LogP contribution in [0, 0.1) is 18.6 Å². The highest BCUT2D eigenvalue weighted by molar-refractivity contribution is 7.11. The average Bonchev–Trinajstić information content (AvgIpc) is 3.06. The van der Waals surface area contributed by atoms with Gasteiger partial charge in [-0.3, -0.25) is 5.32 Å². The molecule has 1 heterocycles. The van der Waals surface area contributed by atoms with Crippen molar-refractivity contribution in [1.82, 2.24) is 14.6 Å². The Kier molecular flexibility index (Phi) is 8.48. The van der Waals surface area contributed by atoms with Crippen molar-refractivity contribution in [2.45, 2.75) is 20.0 Å². The van der Waals surface area contributed by atoms with Crippen LogP contribution in [0.25, 0.3) is 0 Å². The number of aryl methyl sites for hydroxylation is 1. The van der Waals surface area contributed by atoms with Crippen molar-refractivity contribution in [2.75, 3.05) is 39.6 Å². The molecule has 0 aliphatic carbocycles. The quantitative estimate of drug-likeness (QED) is 0.458. The largest absolute Gasteiger partial charge is 0.471 e. The van der Waals surface area contributed by atoms with Gasteiger partial charge in [0.1, 0.15) is 23.2 Å². The monoisotopic (exact) mass is 442 g/mol. The molecule has 0 spiro atoms. The first-order valence-corrected chi connectivity index (χ1v) is 9.85. The van der Waals surface area contributed by atoms with Crippen molar-refractivity contribution in [3.8, 4) is 5.88 Å². The summed E-state index contributed by atoms with van der Waals surface area (Å²) >= 11 is 0.795. The van der Waals surface area contributed by atoms with Gasteiger partial charge in [-0.1, -0.05) is 0 Å². The van der Waals surface area contributed by atoms with Crippen molar-refractivity contribution in [2.24, 2.45) is 0 Å². The number of carbonyl (C=O) groups is 2. The number of rotatable bonds is 9. The molecule has 8 nitrogen and oxygen atoms in total. The summed E-state index contributed by atoms with van der Waals surface area (Å²) in [4.78, 5) is 26.2. The Morgan fingerprint density at radius 1 is 1.23 bits per heavy atom. The van der Waals surface area contributed by atoms with Gasteiger partial charge in [-0.15, -0.1) is 0 Å². The Hall–Kier alpha value is -2.79. The molecule has 1 aromatic carbocycles. The molecule has 0 fully saturated rings. The van der Waals surface area contributed by atoms with E-state index < -0.39 is 30.2 Å². The molecule has 2 aromatic rings. The van der Waals surface area contributed by atoms with Crippen LogP contribution in [-0.2, 0) is 11.3 Å². The summed E-state index contributed by atoms with van der Waals surface area (Å²) in [6.07, 6.45) is 0.745. The lowest BCUT2D eigenvalue weighted by atomic mass is 10.1. The molecule has 0 aliphatic rings. The van der Waals surface area contributed by atoms with E-state index in [4.69, 9.17) is 9.47 Å². The van der Waals surface area contributed by atoms with Gasteiger partial charge in [0, 0.05) is 6.54 Å². The highest BCUT2D eigenvalue weighted by atomic mass is 32.1. The number of amides is 2. The van der Waals surface area contributed by atoms with Gasteiger partial charge < -0.3 is 19.7 Å². The number of nitrogens with one attached hydrogen (secondary N) is 2. The Bertz CT molecular complexity index is 882. The lowest BCUT2D eigenvalue weighted by molar-refractivity contribution is 0.0596. The number of ether oxygens (including phenoxy) is 2. The summed E-state index contributed by atoms with van der Waals surface area (Å²) in [6, 6.07) is 1.83. The Labute approximate surface area is 177 Å². The minimum absolute atomic E-state index is 0.104. The molecule has 30 heavy (non-hydrogen) atoms. The number of methoxy groups -OCH3 is 1. The average molecular weight is 442 g/mol. The second-order valence-electron chi connectivity index (χ2n) is 6.72. The van der Waals surface area contributed by atoms with Crippen LogP contribution >= 0.6 is 11.5 Å². The predicted molar refractivity (Wildman–Crippen MR) is 109 cm³/mol. The van der Waals surface area contributed by atoms with Gasteiger partial charge in [0.05, 0.1) is 12.7 Å². The molecule has 0 radical (unpaired) electrons. The molecule has 2 rings (SSSR count). The van der Waals surface area contributed by atoms with Crippen LogP contribution < -0.4 is 15.4 Å². The first-order chi connectivity index (χ1) is 14.2. The van der Waals surface area contributed by atoms with Gasteiger partial charge in [-0.25, -0.2) is 18.4 Å². The number of hydrogen-bond acceptors (Lipinski definition) is 7. The van der Waals surface area contributed by atoms with Gasteiger partial charge in [-0.05, 0) is 63.2 Å². The van der Waals surface area contributed by atoms with Crippen LogP contribution in [0.2, 0.25) is 0 Å². The van der Waals surface area contributed by atoms with Crippen molar-refractivity contribution >= 4 is 28.5 Å². The van der Waals surface area contributed by atoms with E-state index >= 15 is 0 Å². The van der Waals surface area contributed by atoms with E-state index in [2.05, 4.69) is 15.0 Å². The number of aromatic nitrogens is 1. The normalized spacial score (nSPS) is 10.8. The van der Waals surface area contributed by atoms with Crippen molar-refractivity contribution in [1.29, 1.82) is 0 Å². The standard InChI is InChI=1S/C19H24F2N4O4S/c1-11-8-13(20)12(14(21)9-11)10-29-16-15(18(26)28-4)17(30-24-16)23-19(27)22-6-5-7-25(2)3/h8-9H,5-7,10H2,1-4H3,(H2,22,23,27). The summed E-state index contributed by atoms with van der Waals surface area (Å²) in [5.41, 5.74) is 0.0113. The van der Waals surface area contributed by atoms with E-state index in [-0.39, 0.29) is 22.0 Å². The second kappa shape index (κ2) is 10.8. The van der Waals surface area contributed by atoms with Gasteiger partial charge >= 0.3 is 12.0 Å². The molecule has 11 heteroatoms. The van der Waals surface area contributed by atoms with Crippen LogP contribution in [0.5, 0.6) is 5.88 Å². The van der Waals surface area contributed by atoms with Gasteiger partial charge in [0.2, 0.25) is 5.88 Å². The molecular weight excluding hydrogens is 418 g/mol. The molecular formula is C19H24F2N4O4S. The highest BCUT2D eigenvalue weighted by Gasteiger charge is 2.25. The summed E-state index contributed by atoms with van der Waals surface area (Å²) in [5, 5.41) is 5.30. The number of nitrogens with zero attached hydrogens (tertiary/aromatic N) is 2. The molecule has 1 aromatic heterocycles. The lowest BCUT2D eigenvalue weighted by Crippen LogP contribution is -2.31. The van der Waals surface area contributed by atoms with Crippen molar-refractivity contribution < 1.29 is 27.8 Å². The fraction of sp³-hybridized carbons (Fsp3) is 0.421. The number of hydrogen-bond donors (Lipinski definition) is 2. The number of carbonyl (C=O) groups excluding carboxylic acids is 2. The van der Waals surface area contributed by atoms with E-state index in [0.29, 0.717) is 12.1 Å². The van der Waals surface area contributed by atoms with Crippen LogP contribution in [0.4, 0.5) is 18.6 Å². The van der Waals surface area contributed by atoms with Crippen molar-refractivity contribution in [3.63, 3.8) is 0 Å². The predicted octanol–water partition coefficient (Wildman–Crippen LogP) is 3.17. The third kappa shape index (κ3) is 6.36. The summed E-state index contributed by atoms with van der Waals surface area (Å²) in [7, 11) is 5.01. The fourth-order valence-corrected chi connectivity index (χ4v) is 3.21. The second-order valence-corrected chi connectivity index (χ2v) is 7.49. The minimum Gasteiger partial charge on any atom is -0.471 e. The maximum Gasteiger partial charge on any atom is 0.346 e. The smallest absolute Gasteiger partial charge is 0.346 e. The maximum atomic E-state index is 14.0. The number of benzene rings is 1. The van der Waals surface area contributed by atoms with Crippen LogP contribution in [0.3, 0.4) is 0 Å². The summed E-state index contributed by atoms with van der Waals surface area (Å²) in [5.74, 6) is -2.52. The van der Waals surface area contributed by atoms with Gasteiger partial charge in [-0.2, -0.15) is 4.37 Å². The Balaban J connectivity index is 2.10. The van der Waals surface area contributed by atoms with E-state index in [1.807, 2.05) is 19.0 Å². The molecule has 0 saturated carbocycles. The first kappa shape index (κ1) is 23.5. The summed E-state index contributed by atoms with van der Waals surface area (Å²) in [6.45, 7) is 2.32. The Morgan fingerprint density at radius 3 is 2.50 bits per heavy atom. The minimum atomic E-state index is -0.800.